The third kappa shape index (κ3) is 2.74. The topological polar surface area (TPSA) is 46.6 Å². The van der Waals surface area contributed by atoms with Gasteiger partial charge >= 0.3 is 5.97 Å². The zero-order chi connectivity index (χ0) is 13.0. The van der Waals surface area contributed by atoms with Gasteiger partial charge in [0.15, 0.2) is 0 Å². The molecule has 1 atom stereocenters. The van der Waals surface area contributed by atoms with Crippen LogP contribution in [0.2, 0.25) is 0 Å². The molecule has 0 aromatic carbocycles. The maximum absolute atomic E-state index is 12.4. The zero-order valence-electron chi connectivity index (χ0n) is 11.0. The number of amides is 1. The van der Waals surface area contributed by atoms with Crippen molar-refractivity contribution in [2.24, 2.45) is 5.92 Å². The van der Waals surface area contributed by atoms with Gasteiger partial charge in [0.1, 0.15) is 0 Å². The SMILES string of the molecule is COC(=O)C1CCCC=C1C(=O)N1CCCCC1. The summed E-state index contributed by atoms with van der Waals surface area (Å²) in [4.78, 5) is 26.1. The predicted octanol–water partition coefficient (Wildman–Crippen LogP) is 1.90. The smallest absolute Gasteiger partial charge is 0.313 e. The number of likely N-dealkylation sites (tertiary alicyclic amines) is 1. The van der Waals surface area contributed by atoms with Crippen LogP contribution in [0.5, 0.6) is 0 Å². The van der Waals surface area contributed by atoms with E-state index in [1.165, 1.54) is 13.5 Å². The molecule has 0 spiro atoms. The monoisotopic (exact) mass is 251 g/mol. The Labute approximate surface area is 108 Å². The highest BCUT2D eigenvalue weighted by Crippen LogP contribution is 2.28. The third-order valence-electron chi connectivity index (χ3n) is 3.81. The maximum Gasteiger partial charge on any atom is 0.313 e. The van der Waals surface area contributed by atoms with Crippen LogP contribution in [-0.2, 0) is 14.3 Å². The fourth-order valence-corrected chi connectivity index (χ4v) is 2.78. The highest BCUT2D eigenvalue weighted by atomic mass is 16.5. The van der Waals surface area contributed by atoms with Crippen molar-refractivity contribution in [2.75, 3.05) is 20.2 Å². The maximum atomic E-state index is 12.4. The first-order chi connectivity index (χ1) is 8.74. The summed E-state index contributed by atoms with van der Waals surface area (Å²) < 4.78 is 4.81. The molecule has 1 heterocycles. The van der Waals surface area contributed by atoms with Gasteiger partial charge in [-0.15, -0.1) is 0 Å². The molecule has 2 aliphatic rings. The molecule has 1 saturated heterocycles. The van der Waals surface area contributed by atoms with Crippen molar-refractivity contribution in [1.29, 1.82) is 0 Å². The van der Waals surface area contributed by atoms with Crippen LogP contribution in [0.25, 0.3) is 0 Å². The van der Waals surface area contributed by atoms with Crippen molar-refractivity contribution >= 4 is 11.9 Å². The van der Waals surface area contributed by atoms with E-state index in [2.05, 4.69) is 0 Å². The van der Waals surface area contributed by atoms with Crippen LogP contribution in [0, 0.1) is 5.92 Å². The molecule has 0 aromatic rings. The molecule has 0 bridgehead atoms. The lowest BCUT2D eigenvalue weighted by Crippen LogP contribution is -2.39. The lowest BCUT2D eigenvalue weighted by atomic mass is 9.86. The van der Waals surface area contributed by atoms with E-state index in [1.54, 1.807) is 0 Å². The van der Waals surface area contributed by atoms with Gasteiger partial charge in [0.25, 0.3) is 0 Å². The lowest BCUT2D eigenvalue weighted by Gasteiger charge is -2.30. The van der Waals surface area contributed by atoms with Crippen LogP contribution in [-0.4, -0.2) is 37.0 Å². The molecule has 0 N–H and O–H groups in total. The predicted molar refractivity (Wildman–Crippen MR) is 67.9 cm³/mol. The summed E-state index contributed by atoms with van der Waals surface area (Å²) in [6.45, 7) is 1.65. The van der Waals surface area contributed by atoms with Crippen LogP contribution in [0.4, 0.5) is 0 Å². The first kappa shape index (κ1) is 13.1. The van der Waals surface area contributed by atoms with Gasteiger partial charge in [0, 0.05) is 18.7 Å². The molecule has 4 heteroatoms. The minimum atomic E-state index is -0.349. The van der Waals surface area contributed by atoms with Crippen molar-refractivity contribution in [2.45, 2.75) is 38.5 Å². The number of nitrogens with zero attached hydrogens (tertiary/aromatic N) is 1. The standard InChI is InChI=1S/C14H21NO3/c1-18-14(17)12-8-4-3-7-11(12)13(16)15-9-5-2-6-10-15/h7,12H,2-6,8-10H2,1H3. The van der Waals surface area contributed by atoms with Gasteiger partial charge in [-0.1, -0.05) is 6.08 Å². The molecule has 1 aliphatic carbocycles. The van der Waals surface area contributed by atoms with E-state index in [1.807, 2.05) is 11.0 Å². The van der Waals surface area contributed by atoms with Crippen LogP contribution in [0.15, 0.2) is 11.6 Å². The first-order valence-corrected chi connectivity index (χ1v) is 6.81. The number of hydrogen-bond donors (Lipinski definition) is 0. The minimum Gasteiger partial charge on any atom is -0.469 e. The molecule has 4 nitrogen and oxygen atoms in total. The summed E-state index contributed by atoms with van der Waals surface area (Å²) >= 11 is 0. The van der Waals surface area contributed by atoms with E-state index in [0.717, 1.165) is 45.2 Å². The Bertz CT molecular complexity index is 356. The fourth-order valence-electron chi connectivity index (χ4n) is 2.78. The van der Waals surface area contributed by atoms with E-state index in [4.69, 9.17) is 4.74 Å². The summed E-state index contributed by atoms with van der Waals surface area (Å²) in [5.41, 5.74) is 0.662. The molecule has 1 amide bonds. The van der Waals surface area contributed by atoms with Gasteiger partial charge in [0.05, 0.1) is 13.0 Å². The van der Waals surface area contributed by atoms with Gasteiger partial charge in [0.2, 0.25) is 5.91 Å². The summed E-state index contributed by atoms with van der Waals surface area (Å²) in [5, 5.41) is 0. The second kappa shape index (κ2) is 6.03. The highest BCUT2D eigenvalue weighted by Gasteiger charge is 2.32. The van der Waals surface area contributed by atoms with Gasteiger partial charge in [-0.25, -0.2) is 0 Å². The molecule has 2 rings (SSSR count). The number of ether oxygens (including phenoxy) is 1. The molecule has 0 saturated carbocycles. The Balaban J connectivity index is 2.10. The minimum absolute atomic E-state index is 0.0461. The number of methoxy groups -OCH3 is 1. The second-order valence-electron chi connectivity index (χ2n) is 5.02. The third-order valence-corrected chi connectivity index (χ3v) is 3.81. The number of esters is 1. The number of carbonyl (C=O) groups excluding carboxylic acids is 2. The van der Waals surface area contributed by atoms with Crippen molar-refractivity contribution in [3.8, 4) is 0 Å². The quantitative estimate of drug-likeness (QED) is 0.704. The number of piperidine rings is 1. The van der Waals surface area contributed by atoms with E-state index >= 15 is 0 Å². The van der Waals surface area contributed by atoms with Crippen LogP contribution in [0.3, 0.4) is 0 Å². The largest absolute Gasteiger partial charge is 0.469 e. The molecule has 100 valence electrons. The molecule has 0 radical (unpaired) electrons. The fraction of sp³-hybridized carbons (Fsp3) is 0.714. The van der Waals surface area contributed by atoms with Crippen molar-refractivity contribution in [1.82, 2.24) is 4.90 Å². The van der Waals surface area contributed by atoms with Gasteiger partial charge in [-0.2, -0.15) is 0 Å². The Morgan fingerprint density at radius 3 is 2.61 bits per heavy atom. The first-order valence-electron chi connectivity index (χ1n) is 6.81. The van der Waals surface area contributed by atoms with Crippen LogP contribution in [0.1, 0.15) is 38.5 Å². The van der Waals surface area contributed by atoms with E-state index in [9.17, 15) is 9.59 Å². The number of carbonyl (C=O) groups is 2. The molecular formula is C14H21NO3. The molecule has 0 aromatic heterocycles. The summed E-state index contributed by atoms with van der Waals surface area (Å²) in [6, 6.07) is 0. The van der Waals surface area contributed by atoms with Crippen LogP contribution >= 0.6 is 0 Å². The summed E-state index contributed by atoms with van der Waals surface area (Å²) in [6.07, 6.45) is 7.85. The van der Waals surface area contributed by atoms with Crippen molar-refractivity contribution in [3.63, 3.8) is 0 Å². The van der Waals surface area contributed by atoms with Crippen molar-refractivity contribution in [3.05, 3.63) is 11.6 Å². The molecule has 1 unspecified atom stereocenters. The van der Waals surface area contributed by atoms with Gasteiger partial charge in [-0.05, 0) is 38.5 Å². The van der Waals surface area contributed by atoms with E-state index in [0.29, 0.717) is 5.57 Å². The number of rotatable bonds is 2. The molecule has 18 heavy (non-hydrogen) atoms. The van der Waals surface area contributed by atoms with Crippen molar-refractivity contribution < 1.29 is 14.3 Å². The Morgan fingerprint density at radius 1 is 1.22 bits per heavy atom. The average molecular weight is 251 g/mol. The summed E-state index contributed by atoms with van der Waals surface area (Å²) in [5.74, 6) is -0.575. The van der Waals surface area contributed by atoms with Gasteiger partial charge < -0.3 is 9.64 Å². The number of hydrogen-bond acceptors (Lipinski definition) is 3. The van der Waals surface area contributed by atoms with E-state index < -0.39 is 0 Å². The zero-order valence-corrected chi connectivity index (χ0v) is 11.0. The Morgan fingerprint density at radius 2 is 1.94 bits per heavy atom. The summed E-state index contributed by atoms with van der Waals surface area (Å²) in [7, 11) is 1.39. The average Bonchev–Trinajstić information content (AvgIpc) is 2.46. The van der Waals surface area contributed by atoms with Crippen LogP contribution < -0.4 is 0 Å². The van der Waals surface area contributed by atoms with E-state index in [-0.39, 0.29) is 17.8 Å². The second-order valence-corrected chi connectivity index (χ2v) is 5.02. The Kier molecular flexibility index (Phi) is 4.39. The molecular weight excluding hydrogens is 230 g/mol. The highest BCUT2D eigenvalue weighted by molar-refractivity contribution is 5.99. The molecule has 1 aliphatic heterocycles. The lowest BCUT2D eigenvalue weighted by molar-refractivity contribution is -0.146. The normalized spacial score (nSPS) is 24.4. The number of allylic oxidation sites excluding steroid dienone is 1. The molecule has 1 fully saturated rings. The Hall–Kier alpha value is -1.32. The van der Waals surface area contributed by atoms with Gasteiger partial charge in [-0.3, -0.25) is 9.59 Å².